The quantitative estimate of drug-likeness (QED) is 0.588. The maximum atomic E-state index is 12.9. The zero-order valence-corrected chi connectivity index (χ0v) is 17.8. The molecule has 0 radical (unpaired) electrons. The Bertz CT molecular complexity index is 1030. The van der Waals surface area contributed by atoms with Crippen molar-refractivity contribution < 1.29 is 4.79 Å². The van der Waals surface area contributed by atoms with Crippen LogP contribution < -0.4 is 11.1 Å². The number of benzene rings is 2. The van der Waals surface area contributed by atoms with Gasteiger partial charge in [0.25, 0.3) is 5.91 Å². The van der Waals surface area contributed by atoms with Crippen LogP contribution in [-0.2, 0) is 13.1 Å². The minimum absolute atomic E-state index is 0.132. The van der Waals surface area contributed by atoms with Crippen LogP contribution in [0.4, 0.5) is 0 Å². The van der Waals surface area contributed by atoms with Crippen LogP contribution in [0.15, 0.2) is 54.7 Å². The van der Waals surface area contributed by atoms with E-state index in [9.17, 15) is 4.79 Å². The van der Waals surface area contributed by atoms with Crippen LogP contribution in [0.5, 0.6) is 0 Å². The Morgan fingerprint density at radius 2 is 1.93 bits per heavy atom. The van der Waals surface area contributed by atoms with Crippen molar-refractivity contribution in [2.45, 2.75) is 39.8 Å². The van der Waals surface area contributed by atoms with Gasteiger partial charge in [0.05, 0.1) is 5.69 Å². The molecule has 0 fully saturated rings. The topological polar surface area (TPSA) is 68.0 Å². The van der Waals surface area contributed by atoms with Crippen LogP contribution >= 0.6 is 11.6 Å². The fourth-order valence-corrected chi connectivity index (χ4v) is 3.62. The molecule has 0 saturated heterocycles. The van der Waals surface area contributed by atoms with Gasteiger partial charge in [-0.3, -0.25) is 9.78 Å². The molecular formula is C24H26ClN3O. The Morgan fingerprint density at radius 3 is 2.66 bits per heavy atom. The van der Waals surface area contributed by atoms with E-state index in [1.54, 1.807) is 0 Å². The van der Waals surface area contributed by atoms with Gasteiger partial charge in [-0.2, -0.15) is 0 Å². The number of carbonyl (C=O) groups excluding carboxylic acids is 1. The monoisotopic (exact) mass is 407 g/mol. The van der Waals surface area contributed by atoms with Gasteiger partial charge < -0.3 is 11.1 Å². The molecular weight excluding hydrogens is 382 g/mol. The number of hydrogen-bond acceptors (Lipinski definition) is 3. The van der Waals surface area contributed by atoms with E-state index in [-0.39, 0.29) is 5.91 Å². The molecule has 0 aliphatic heterocycles. The molecule has 0 spiro atoms. The molecule has 2 aromatic carbocycles. The predicted octanol–water partition coefficient (Wildman–Crippen LogP) is 5.22. The van der Waals surface area contributed by atoms with E-state index >= 15 is 0 Å². The molecule has 1 heterocycles. The molecule has 1 aromatic heterocycles. The largest absolute Gasteiger partial charge is 0.348 e. The van der Waals surface area contributed by atoms with Crippen LogP contribution in [0.25, 0.3) is 11.1 Å². The van der Waals surface area contributed by atoms with E-state index in [2.05, 4.69) is 36.3 Å². The number of nitrogens with one attached hydrogen (secondary N) is 1. The summed E-state index contributed by atoms with van der Waals surface area (Å²) in [5.41, 5.74) is 12.4. The van der Waals surface area contributed by atoms with E-state index in [0.29, 0.717) is 29.6 Å². The fraction of sp³-hybridized carbons (Fsp3) is 0.250. The minimum Gasteiger partial charge on any atom is -0.348 e. The molecule has 0 unspecified atom stereocenters. The van der Waals surface area contributed by atoms with Crippen LogP contribution in [-0.4, -0.2) is 10.9 Å². The number of pyridine rings is 1. The molecule has 0 atom stereocenters. The van der Waals surface area contributed by atoms with E-state index < -0.39 is 0 Å². The molecule has 3 N–H and O–H groups in total. The summed E-state index contributed by atoms with van der Waals surface area (Å²) < 4.78 is 0. The van der Waals surface area contributed by atoms with Crippen molar-refractivity contribution in [2.24, 2.45) is 5.73 Å². The summed E-state index contributed by atoms with van der Waals surface area (Å²) in [6.45, 7) is 7.01. The molecule has 1 amide bonds. The SMILES string of the molecule is Cc1cc(C(=O)NCc2cc(Cl)ccc2CN)cc(-c2cccnc2C(C)C)c1. The number of nitrogens with zero attached hydrogens (tertiary/aromatic N) is 1. The second kappa shape index (κ2) is 9.21. The summed E-state index contributed by atoms with van der Waals surface area (Å²) in [7, 11) is 0. The third kappa shape index (κ3) is 5.03. The lowest BCUT2D eigenvalue weighted by Crippen LogP contribution is -2.24. The maximum absolute atomic E-state index is 12.9. The second-order valence-corrected chi connectivity index (χ2v) is 7.91. The predicted molar refractivity (Wildman–Crippen MR) is 119 cm³/mol. The third-order valence-electron chi connectivity index (χ3n) is 4.86. The van der Waals surface area contributed by atoms with E-state index in [0.717, 1.165) is 33.5 Å². The van der Waals surface area contributed by atoms with Crippen molar-refractivity contribution in [3.05, 3.63) is 87.7 Å². The lowest BCUT2D eigenvalue weighted by molar-refractivity contribution is 0.0951. The summed E-state index contributed by atoms with van der Waals surface area (Å²) in [5.74, 6) is 0.161. The highest BCUT2D eigenvalue weighted by molar-refractivity contribution is 6.30. The Morgan fingerprint density at radius 1 is 1.14 bits per heavy atom. The zero-order valence-electron chi connectivity index (χ0n) is 17.0. The number of rotatable bonds is 6. The van der Waals surface area contributed by atoms with Crippen molar-refractivity contribution in [2.75, 3.05) is 0 Å². The van der Waals surface area contributed by atoms with Crippen LogP contribution in [0.2, 0.25) is 5.02 Å². The summed E-state index contributed by atoms with van der Waals surface area (Å²) in [6, 6.07) is 15.4. The van der Waals surface area contributed by atoms with Crippen LogP contribution in [0.1, 0.15) is 52.5 Å². The highest BCUT2D eigenvalue weighted by Gasteiger charge is 2.14. The Labute approximate surface area is 177 Å². The van der Waals surface area contributed by atoms with Gasteiger partial charge in [0.2, 0.25) is 0 Å². The number of carbonyl (C=O) groups is 1. The van der Waals surface area contributed by atoms with Crippen LogP contribution in [0, 0.1) is 6.92 Å². The fourth-order valence-electron chi connectivity index (χ4n) is 3.43. The van der Waals surface area contributed by atoms with Gasteiger partial charge in [0.15, 0.2) is 0 Å². The van der Waals surface area contributed by atoms with Crippen molar-refractivity contribution in [1.82, 2.24) is 10.3 Å². The molecule has 0 bridgehead atoms. The zero-order chi connectivity index (χ0) is 21.0. The number of halogens is 1. The average molecular weight is 408 g/mol. The molecule has 29 heavy (non-hydrogen) atoms. The summed E-state index contributed by atoms with van der Waals surface area (Å²) in [4.78, 5) is 17.4. The van der Waals surface area contributed by atoms with Crippen molar-refractivity contribution >= 4 is 17.5 Å². The van der Waals surface area contributed by atoms with Gasteiger partial charge >= 0.3 is 0 Å². The van der Waals surface area contributed by atoms with E-state index in [1.165, 1.54) is 0 Å². The first-order chi connectivity index (χ1) is 13.9. The Hall–Kier alpha value is -2.69. The molecule has 0 aliphatic carbocycles. The minimum atomic E-state index is -0.132. The molecule has 0 aliphatic rings. The molecule has 5 heteroatoms. The standard InChI is InChI=1S/C24H26ClN3O/c1-15(2)23-22(5-4-8-27-23)18-9-16(3)10-19(11-18)24(29)28-14-20-12-21(25)7-6-17(20)13-26/h4-12,15H,13-14,26H2,1-3H3,(H,28,29). The smallest absolute Gasteiger partial charge is 0.251 e. The van der Waals surface area contributed by atoms with Gasteiger partial charge in [0, 0.05) is 35.4 Å². The van der Waals surface area contributed by atoms with Crippen molar-refractivity contribution in [3.63, 3.8) is 0 Å². The van der Waals surface area contributed by atoms with E-state index in [4.69, 9.17) is 17.3 Å². The van der Waals surface area contributed by atoms with Crippen molar-refractivity contribution in [1.29, 1.82) is 0 Å². The van der Waals surface area contributed by atoms with Crippen LogP contribution in [0.3, 0.4) is 0 Å². The van der Waals surface area contributed by atoms with Crippen molar-refractivity contribution in [3.8, 4) is 11.1 Å². The molecule has 150 valence electrons. The van der Waals surface area contributed by atoms with Gasteiger partial charge in [-0.05, 0) is 65.4 Å². The molecule has 3 rings (SSSR count). The average Bonchev–Trinajstić information content (AvgIpc) is 2.71. The first kappa shape index (κ1) is 21.0. The summed E-state index contributed by atoms with van der Waals surface area (Å²) in [6.07, 6.45) is 1.81. The first-order valence-electron chi connectivity index (χ1n) is 9.71. The number of amides is 1. The third-order valence-corrected chi connectivity index (χ3v) is 5.10. The number of hydrogen-bond donors (Lipinski definition) is 2. The highest BCUT2D eigenvalue weighted by atomic mass is 35.5. The number of aromatic nitrogens is 1. The Kier molecular flexibility index (Phi) is 6.68. The number of nitrogens with two attached hydrogens (primary N) is 1. The van der Waals surface area contributed by atoms with Gasteiger partial charge in [0.1, 0.15) is 0 Å². The molecule has 0 saturated carbocycles. The normalized spacial score (nSPS) is 11.0. The van der Waals surface area contributed by atoms with Gasteiger partial charge in [-0.15, -0.1) is 0 Å². The summed E-state index contributed by atoms with van der Waals surface area (Å²) in [5, 5.41) is 3.62. The van der Waals surface area contributed by atoms with Gasteiger partial charge in [-0.1, -0.05) is 43.6 Å². The second-order valence-electron chi connectivity index (χ2n) is 7.48. The van der Waals surface area contributed by atoms with Gasteiger partial charge in [-0.25, -0.2) is 0 Å². The molecule has 3 aromatic rings. The maximum Gasteiger partial charge on any atom is 0.251 e. The number of aryl methyl sites for hydroxylation is 1. The van der Waals surface area contributed by atoms with E-state index in [1.807, 2.05) is 49.5 Å². The first-order valence-corrected chi connectivity index (χ1v) is 10.1. The lowest BCUT2D eigenvalue weighted by atomic mass is 9.95. The molecule has 4 nitrogen and oxygen atoms in total. The lowest BCUT2D eigenvalue weighted by Gasteiger charge is -2.14. The Balaban J connectivity index is 1.87. The highest BCUT2D eigenvalue weighted by Crippen LogP contribution is 2.29. The summed E-state index contributed by atoms with van der Waals surface area (Å²) >= 11 is 6.10.